The number of carbonyl (C=O) groups is 1. The molecule has 1 aromatic rings. The average molecular weight is 296 g/mol. The van der Waals surface area contributed by atoms with Crippen molar-refractivity contribution >= 4 is 6.09 Å². The van der Waals surface area contributed by atoms with Crippen LogP contribution in [-0.2, 0) is 4.74 Å². The maximum absolute atomic E-state index is 11.7. The van der Waals surface area contributed by atoms with Crippen LogP contribution in [0, 0.1) is 6.92 Å². The lowest BCUT2D eigenvalue weighted by molar-refractivity contribution is 0.0939. The minimum absolute atomic E-state index is 0.0987. The molecule has 1 atom stereocenters. The summed E-state index contributed by atoms with van der Waals surface area (Å²) in [5.41, 5.74) is 0. The molecule has 1 aromatic heterocycles. The molecular weight excluding hydrogens is 272 g/mol. The molecular formula is C14H24N4O3. The zero-order valence-corrected chi connectivity index (χ0v) is 13.0. The van der Waals surface area contributed by atoms with E-state index in [0.717, 1.165) is 32.4 Å². The number of hydrogen-bond donors (Lipinski definition) is 1. The van der Waals surface area contributed by atoms with Crippen molar-refractivity contribution in [2.75, 3.05) is 19.7 Å². The summed E-state index contributed by atoms with van der Waals surface area (Å²) in [7, 11) is 0. The summed E-state index contributed by atoms with van der Waals surface area (Å²) in [6, 6.07) is 0.459. The first-order valence-electron chi connectivity index (χ1n) is 7.62. The quantitative estimate of drug-likeness (QED) is 0.895. The summed E-state index contributed by atoms with van der Waals surface area (Å²) < 4.78 is 10.1. The summed E-state index contributed by atoms with van der Waals surface area (Å²) >= 11 is 0. The Morgan fingerprint density at radius 2 is 2.19 bits per heavy atom. The lowest BCUT2D eigenvalue weighted by atomic mass is 10.0. The van der Waals surface area contributed by atoms with Gasteiger partial charge in [-0.05, 0) is 26.2 Å². The summed E-state index contributed by atoms with van der Waals surface area (Å²) in [5, 5.41) is 7.55. The molecule has 0 spiro atoms. The van der Waals surface area contributed by atoms with E-state index in [1.807, 2.05) is 6.92 Å². The fourth-order valence-corrected chi connectivity index (χ4v) is 2.56. The lowest BCUT2D eigenvalue weighted by Crippen LogP contribution is -2.46. The van der Waals surface area contributed by atoms with Crippen LogP contribution in [0.15, 0.2) is 4.52 Å². The van der Waals surface area contributed by atoms with Gasteiger partial charge in [-0.1, -0.05) is 12.1 Å². The first-order valence-corrected chi connectivity index (χ1v) is 7.62. The standard InChI is InChI=1S/C14H24N4O3/c1-4-12(13-15-10(3)21-17-13)16-11-6-8-18(9-7-11)14(19)20-5-2/h11-12,16H,4-9H2,1-3H3/t12-/m0/s1. The van der Waals surface area contributed by atoms with E-state index in [-0.39, 0.29) is 12.1 Å². The van der Waals surface area contributed by atoms with Crippen LogP contribution in [-0.4, -0.2) is 46.9 Å². The Labute approximate surface area is 125 Å². The first-order chi connectivity index (χ1) is 10.1. The number of nitrogens with one attached hydrogen (secondary N) is 1. The van der Waals surface area contributed by atoms with E-state index in [4.69, 9.17) is 9.26 Å². The van der Waals surface area contributed by atoms with Crippen molar-refractivity contribution in [2.45, 2.75) is 52.1 Å². The fraction of sp³-hybridized carbons (Fsp3) is 0.786. The summed E-state index contributed by atoms with van der Waals surface area (Å²) in [6.07, 6.45) is 2.51. The van der Waals surface area contributed by atoms with Crippen LogP contribution in [0.4, 0.5) is 4.79 Å². The van der Waals surface area contributed by atoms with Crippen LogP contribution in [0.5, 0.6) is 0 Å². The number of likely N-dealkylation sites (tertiary alicyclic amines) is 1. The zero-order valence-electron chi connectivity index (χ0n) is 13.0. The zero-order chi connectivity index (χ0) is 15.2. The van der Waals surface area contributed by atoms with Gasteiger partial charge in [0, 0.05) is 26.1 Å². The van der Waals surface area contributed by atoms with Crippen LogP contribution in [0.25, 0.3) is 0 Å². The number of piperidine rings is 1. The Hall–Kier alpha value is -1.63. The molecule has 7 heteroatoms. The molecule has 1 aliphatic heterocycles. The lowest BCUT2D eigenvalue weighted by Gasteiger charge is -2.33. The third kappa shape index (κ3) is 4.17. The molecule has 1 amide bonds. The monoisotopic (exact) mass is 296 g/mol. The van der Waals surface area contributed by atoms with Crippen LogP contribution < -0.4 is 5.32 Å². The summed E-state index contributed by atoms with van der Waals surface area (Å²) in [4.78, 5) is 17.7. The maximum atomic E-state index is 11.7. The molecule has 1 saturated heterocycles. The van der Waals surface area contributed by atoms with Crippen LogP contribution >= 0.6 is 0 Å². The molecule has 21 heavy (non-hydrogen) atoms. The Bertz CT molecular complexity index is 455. The van der Waals surface area contributed by atoms with Crippen molar-refractivity contribution in [2.24, 2.45) is 0 Å². The Kier molecular flexibility index (Phi) is 5.55. The van der Waals surface area contributed by atoms with E-state index in [9.17, 15) is 4.79 Å². The van der Waals surface area contributed by atoms with Gasteiger partial charge in [0.2, 0.25) is 5.89 Å². The maximum Gasteiger partial charge on any atom is 0.409 e. The number of aromatic nitrogens is 2. The molecule has 1 fully saturated rings. The van der Waals surface area contributed by atoms with Gasteiger partial charge in [0.15, 0.2) is 5.82 Å². The second-order valence-electron chi connectivity index (χ2n) is 5.26. The number of carbonyl (C=O) groups excluding carboxylic acids is 1. The number of amides is 1. The van der Waals surface area contributed by atoms with Crippen molar-refractivity contribution in [1.29, 1.82) is 0 Å². The van der Waals surface area contributed by atoms with Gasteiger partial charge in [0.1, 0.15) is 0 Å². The summed E-state index contributed by atoms with van der Waals surface area (Å²) in [6.45, 7) is 7.58. The Morgan fingerprint density at radius 1 is 1.48 bits per heavy atom. The third-order valence-electron chi connectivity index (χ3n) is 3.72. The first kappa shape index (κ1) is 15.8. The van der Waals surface area contributed by atoms with Gasteiger partial charge in [-0.3, -0.25) is 0 Å². The molecule has 1 N–H and O–H groups in total. The molecule has 0 unspecified atom stereocenters. The van der Waals surface area contributed by atoms with E-state index < -0.39 is 0 Å². The highest BCUT2D eigenvalue weighted by atomic mass is 16.6. The minimum Gasteiger partial charge on any atom is -0.450 e. The van der Waals surface area contributed by atoms with Gasteiger partial charge >= 0.3 is 6.09 Å². The molecule has 1 aliphatic rings. The van der Waals surface area contributed by atoms with E-state index in [1.54, 1.807) is 11.8 Å². The Morgan fingerprint density at radius 3 is 2.71 bits per heavy atom. The largest absolute Gasteiger partial charge is 0.450 e. The number of aryl methyl sites for hydroxylation is 1. The molecule has 2 rings (SSSR count). The average Bonchev–Trinajstić information content (AvgIpc) is 2.92. The molecule has 0 aliphatic carbocycles. The van der Waals surface area contributed by atoms with Crippen molar-refractivity contribution in [1.82, 2.24) is 20.4 Å². The molecule has 0 aromatic carbocycles. The minimum atomic E-state index is -0.211. The van der Waals surface area contributed by atoms with Crippen molar-refractivity contribution in [3.8, 4) is 0 Å². The van der Waals surface area contributed by atoms with Gasteiger partial charge in [0.25, 0.3) is 0 Å². The van der Waals surface area contributed by atoms with E-state index in [0.29, 0.717) is 24.4 Å². The second-order valence-corrected chi connectivity index (χ2v) is 5.26. The van der Waals surface area contributed by atoms with Crippen molar-refractivity contribution < 1.29 is 14.1 Å². The smallest absolute Gasteiger partial charge is 0.409 e. The van der Waals surface area contributed by atoms with E-state index in [1.165, 1.54) is 0 Å². The molecule has 2 heterocycles. The number of rotatable bonds is 5. The van der Waals surface area contributed by atoms with Crippen molar-refractivity contribution in [3.05, 3.63) is 11.7 Å². The molecule has 118 valence electrons. The SMILES string of the molecule is CCOC(=O)N1CCC(N[C@@H](CC)c2noc(C)n2)CC1. The van der Waals surface area contributed by atoms with Crippen LogP contribution in [0.1, 0.15) is 50.9 Å². The summed E-state index contributed by atoms with van der Waals surface area (Å²) in [5.74, 6) is 1.30. The highest BCUT2D eigenvalue weighted by Crippen LogP contribution is 2.18. The van der Waals surface area contributed by atoms with E-state index >= 15 is 0 Å². The molecule has 0 bridgehead atoms. The number of hydrogen-bond acceptors (Lipinski definition) is 6. The fourth-order valence-electron chi connectivity index (χ4n) is 2.56. The van der Waals surface area contributed by atoms with Crippen molar-refractivity contribution in [3.63, 3.8) is 0 Å². The van der Waals surface area contributed by atoms with Gasteiger partial charge in [-0.15, -0.1) is 0 Å². The molecule has 0 saturated carbocycles. The van der Waals surface area contributed by atoms with Crippen LogP contribution in [0.3, 0.4) is 0 Å². The number of ether oxygens (including phenoxy) is 1. The van der Waals surface area contributed by atoms with Gasteiger partial charge in [-0.25, -0.2) is 4.79 Å². The topological polar surface area (TPSA) is 80.5 Å². The third-order valence-corrected chi connectivity index (χ3v) is 3.72. The van der Waals surface area contributed by atoms with Gasteiger partial charge in [-0.2, -0.15) is 4.98 Å². The highest BCUT2D eigenvalue weighted by molar-refractivity contribution is 5.67. The van der Waals surface area contributed by atoms with E-state index in [2.05, 4.69) is 22.4 Å². The molecule has 7 nitrogen and oxygen atoms in total. The highest BCUT2D eigenvalue weighted by Gasteiger charge is 2.26. The normalized spacial score (nSPS) is 17.8. The second kappa shape index (κ2) is 7.40. The predicted molar refractivity (Wildman–Crippen MR) is 76.8 cm³/mol. The van der Waals surface area contributed by atoms with Gasteiger partial charge < -0.3 is 19.5 Å². The van der Waals surface area contributed by atoms with Gasteiger partial charge in [0.05, 0.1) is 12.6 Å². The van der Waals surface area contributed by atoms with Crippen LogP contribution in [0.2, 0.25) is 0 Å². The number of nitrogens with zero attached hydrogens (tertiary/aromatic N) is 3. The molecule has 0 radical (unpaired) electrons. The predicted octanol–water partition coefficient (Wildman–Crippen LogP) is 2.04. The Balaban J connectivity index is 1.83.